The third-order valence-corrected chi connectivity index (χ3v) is 7.19. The number of aromatic nitrogens is 1. The van der Waals surface area contributed by atoms with Crippen LogP contribution in [0.2, 0.25) is 0 Å². The smallest absolute Gasteiger partial charge is 0.269 e. The highest BCUT2D eigenvalue weighted by Crippen LogP contribution is 2.30. The number of unbranched alkanes of at least 4 members (excludes halogenated alkanes) is 1. The zero-order chi connectivity index (χ0) is 26.9. The Morgan fingerprint density at radius 2 is 1.74 bits per heavy atom. The number of nitrogens with zero attached hydrogens (tertiary/aromatic N) is 2. The van der Waals surface area contributed by atoms with E-state index in [9.17, 15) is 19.7 Å². The zero-order valence-corrected chi connectivity index (χ0v) is 22.0. The van der Waals surface area contributed by atoms with Crippen molar-refractivity contribution in [3.8, 4) is 0 Å². The molecule has 1 aromatic heterocycles. The largest absolute Gasteiger partial charge is 0.350 e. The number of para-hydroxylation sites is 1. The Morgan fingerprint density at radius 1 is 1.00 bits per heavy atom. The summed E-state index contributed by atoms with van der Waals surface area (Å²) in [5.41, 5.74) is 3.39. The lowest BCUT2D eigenvalue weighted by atomic mass is 10.1. The van der Waals surface area contributed by atoms with Gasteiger partial charge in [0.15, 0.2) is 0 Å². The molecule has 0 bridgehead atoms. The van der Waals surface area contributed by atoms with Gasteiger partial charge in [0, 0.05) is 58.5 Å². The SMILES string of the molecule is CCCCc1ccc(NC(=O)CSc2cn(CCNC(=O)c3ccc([N+](=O)[O-])cc3)c3ccccc23)cc1. The molecule has 8 nitrogen and oxygen atoms in total. The minimum Gasteiger partial charge on any atom is -0.350 e. The zero-order valence-electron chi connectivity index (χ0n) is 21.2. The fraction of sp³-hybridized carbons (Fsp3) is 0.241. The lowest BCUT2D eigenvalue weighted by Crippen LogP contribution is -2.27. The van der Waals surface area contributed by atoms with Crippen molar-refractivity contribution in [1.29, 1.82) is 0 Å². The van der Waals surface area contributed by atoms with Crippen LogP contribution in [0, 0.1) is 10.1 Å². The number of nitro benzene ring substituents is 1. The first-order valence-corrected chi connectivity index (χ1v) is 13.5. The van der Waals surface area contributed by atoms with Crippen molar-refractivity contribution in [1.82, 2.24) is 9.88 Å². The third-order valence-electron chi connectivity index (χ3n) is 6.15. The first kappa shape index (κ1) is 26.9. The van der Waals surface area contributed by atoms with Gasteiger partial charge in [0.1, 0.15) is 0 Å². The minimum absolute atomic E-state index is 0.0561. The second-order valence-corrected chi connectivity index (χ2v) is 9.92. The summed E-state index contributed by atoms with van der Waals surface area (Å²) in [6.07, 6.45) is 5.36. The van der Waals surface area contributed by atoms with Crippen LogP contribution >= 0.6 is 11.8 Å². The first-order chi connectivity index (χ1) is 18.4. The molecular formula is C29H30N4O4S. The van der Waals surface area contributed by atoms with E-state index in [1.807, 2.05) is 42.6 Å². The minimum atomic E-state index is -0.496. The van der Waals surface area contributed by atoms with E-state index in [0.717, 1.165) is 40.7 Å². The van der Waals surface area contributed by atoms with Crippen molar-refractivity contribution < 1.29 is 14.5 Å². The number of hydrogen-bond donors (Lipinski definition) is 2. The van der Waals surface area contributed by atoms with Gasteiger partial charge in [-0.15, -0.1) is 11.8 Å². The number of nitrogens with one attached hydrogen (secondary N) is 2. The Balaban J connectivity index is 1.33. The van der Waals surface area contributed by atoms with Crippen molar-refractivity contribution in [3.05, 3.63) is 100 Å². The molecule has 2 amide bonds. The second kappa shape index (κ2) is 12.9. The van der Waals surface area contributed by atoms with E-state index in [2.05, 4.69) is 34.3 Å². The van der Waals surface area contributed by atoms with Crippen molar-refractivity contribution in [2.75, 3.05) is 17.6 Å². The highest BCUT2D eigenvalue weighted by Gasteiger charge is 2.13. The molecule has 0 aliphatic rings. The van der Waals surface area contributed by atoms with Crippen LogP contribution in [0.4, 0.5) is 11.4 Å². The molecule has 38 heavy (non-hydrogen) atoms. The van der Waals surface area contributed by atoms with Crippen LogP contribution in [0.25, 0.3) is 10.9 Å². The molecule has 0 aliphatic carbocycles. The van der Waals surface area contributed by atoms with Gasteiger partial charge < -0.3 is 15.2 Å². The quantitative estimate of drug-likeness (QED) is 0.132. The third kappa shape index (κ3) is 7.01. The molecule has 0 atom stereocenters. The summed E-state index contributed by atoms with van der Waals surface area (Å²) in [4.78, 5) is 36.3. The van der Waals surface area contributed by atoms with Crippen molar-refractivity contribution in [2.24, 2.45) is 0 Å². The molecule has 0 fully saturated rings. The number of fused-ring (bicyclic) bond motifs is 1. The summed E-state index contributed by atoms with van der Waals surface area (Å²) in [5, 5.41) is 17.7. The normalized spacial score (nSPS) is 10.9. The summed E-state index contributed by atoms with van der Waals surface area (Å²) in [6.45, 7) is 3.09. The maximum absolute atomic E-state index is 12.6. The van der Waals surface area contributed by atoms with Gasteiger partial charge in [-0.05, 0) is 48.7 Å². The Kier molecular flexibility index (Phi) is 9.16. The molecule has 196 valence electrons. The molecule has 0 spiro atoms. The maximum Gasteiger partial charge on any atom is 0.269 e. The molecule has 0 radical (unpaired) electrons. The Hall–Kier alpha value is -4.11. The predicted octanol–water partition coefficient (Wildman–Crippen LogP) is 6.05. The van der Waals surface area contributed by atoms with Crippen LogP contribution in [0.3, 0.4) is 0 Å². The molecule has 1 heterocycles. The lowest BCUT2D eigenvalue weighted by Gasteiger charge is -2.07. The number of carbonyl (C=O) groups is 2. The van der Waals surface area contributed by atoms with Gasteiger partial charge in [-0.25, -0.2) is 0 Å². The molecule has 0 unspecified atom stereocenters. The number of anilines is 1. The van der Waals surface area contributed by atoms with Gasteiger partial charge in [0.05, 0.1) is 10.7 Å². The van der Waals surface area contributed by atoms with Gasteiger partial charge in [0.25, 0.3) is 11.6 Å². The fourth-order valence-electron chi connectivity index (χ4n) is 4.12. The van der Waals surface area contributed by atoms with E-state index < -0.39 is 4.92 Å². The molecule has 4 rings (SSSR count). The topological polar surface area (TPSA) is 106 Å². The maximum atomic E-state index is 12.6. The standard InChI is InChI=1S/C29H30N4O4S/c1-2-3-6-21-9-13-23(14-10-21)31-28(34)20-38-27-19-32(26-8-5-4-7-25(26)27)18-17-30-29(35)22-11-15-24(16-12-22)33(36)37/h4-5,7-16,19H,2-3,6,17-18,20H2,1H3,(H,30,35)(H,31,34). The average Bonchev–Trinajstić information content (AvgIpc) is 3.29. The summed E-state index contributed by atoms with van der Waals surface area (Å²) in [6, 6.07) is 21.5. The lowest BCUT2D eigenvalue weighted by molar-refractivity contribution is -0.384. The van der Waals surface area contributed by atoms with Crippen molar-refractivity contribution in [3.63, 3.8) is 0 Å². The van der Waals surface area contributed by atoms with Crippen molar-refractivity contribution >= 4 is 45.9 Å². The van der Waals surface area contributed by atoms with E-state index in [1.54, 1.807) is 0 Å². The van der Waals surface area contributed by atoms with Gasteiger partial charge in [-0.1, -0.05) is 43.7 Å². The molecule has 9 heteroatoms. The van der Waals surface area contributed by atoms with Crippen LogP contribution in [-0.2, 0) is 17.8 Å². The van der Waals surface area contributed by atoms with E-state index in [4.69, 9.17) is 0 Å². The number of carbonyl (C=O) groups excluding carboxylic acids is 2. The Labute approximate surface area is 225 Å². The van der Waals surface area contributed by atoms with Crippen LogP contribution < -0.4 is 10.6 Å². The monoisotopic (exact) mass is 530 g/mol. The Bertz CT molecular complexity index is 1420. The summed E-state index contributed by atoms with van der Waals surface area (Å²) < 4.78 is 2.06. The molecule has 0 aliphatic heterocycles. The van der Waals surface area contributed by atoms with Gasteiger partial charge in [-0.2, -0.15) is 0 Å². The van der Waals surface area contributed by atoms with Crippen LogP contribution in [0.1, 0.15) is 35.7 Å². The first-order valence-electron chi connectivity index (χ1n) is 12.6. The van der Waals surface area contributed by atoms with Gasteiger partial charge in [-0.3, -0.25) is 19.7 Å². The highest BCUT2D eigenvalue weighted by molar-refractivity contribution is 8.00. The molecule has 0 saturated carbocycles. The number of nitro groups is 1. The van der Waals surface area contributed by atoms with Crippen LogP contribution in [0.15, 0.2) is 83.9 Å². The van der Waals surface area contributed by atoms with E-state index >= 15 is 0 Å². The van der Waals surface area contributed by atoms with Gasteiger partial charge in [0.2, 0.25) is 5.91 Å². The number of rotatable bonds is 12. The Morgan fingerprint density at radius 3 is 2.45 bits per heavy atom. The van der Waals surface area contributed by atoms with E-state index in [1.165, 1.54) is 41.6 Å². The summed E-state index contributed by atoms with van der Waals surface area (Å²) in [5.74, 6) is -0.0767. The fourth-order valence-corrected chi connectivity index (χ4v) is 5.00. The molecule has 3 aromatic carbocycles. The molecule has 0 saturated heterocycles. The number of amides is 2. The number of non-ortho nitro benzene ring substituents is 1. The number of thioether (sulfide) groups is 1. The molecule has 2 N–H and O–H groups in total. The number of hydrogen-bond acceptors (Lipinski definition) is 5. The predicted molar refractivity (Wildman–Crippen MR) is 152 cm³/mol. The number of aryl methyl sites for hydroxylation is 1. The average molecular weight is 531 g/mol. The van der Waals surface area contributed by atoms with Crippen LogP contribution in [-0.4, -0.2) is 33.6 Å². The summed E-state index contributed by atoms with van der Waals surface area (Å²) in [7, 11) is 0. The van der Waals surface area contributed by atoms with Crippen LogP contribution in [0.5, 0.6) is 0 Å². The van der Waals surface area contributed by atoms with Gasteiger partial charge >= 0.3 is 0 Å². The summed E-state index contributed by atoms with van der Waals surface area (Å²) >= 11 is 1.48. The number of benzene rings is 3. The highest BCUT2D eigenvalue weighted by atomic mass is 32.2. The second-order valence-electron chi connectivity index (χ2n) is 8.90. The van der Waals surface area contributed by atoms with E-state index in [0.29, 0.717) is 18.7 Å². The van der Waals surface area contributed by atoms with Crippen molar-refractivity contribution in [2.45, 2.75) is 37.6 Å². The van der Waals surface area contributed by atoms with E-state index in [-0.39, 0.29) is 23.3 Å². The molecular weight excluding hydrogens is 500 g/mol. The molecule has 4 aromatic rings.